The Morgan fingerprint density at radius 2 is 1.20 bits per heavy atom. The van der Waals surface area contributed by atoms with Gasteiger partial charge in [0.15, 0.2) is 0 Å². The van der Waals surface area contributed by atoms with E-state index in [1.165, 1.54) is 57.8 Å². The van der Waals surface area contributed by atoms with E-state index in [1.54, 1.807) is 0 Å². The summed E-state index contributed by atoms with van der Waals surface area (Å²) in [6.07, 6.45) is 16.0. The van der Waals surface area contributed by atoms with E-state index >= 15 is 0 Å². The lowest BCUT2D eigenvalue weighted by Gasteiger charge is -2.00. The van der Waals surface area contributed by atoms with Crippen molar-refractivity contribution < 1.29 is 9.90 Å². The van der Waals surface area contributed by atoms with Gasteiger partial charge in [0, 0.05) is 19.3 Å². The van der Waals surface area contributed by atoms with Gasteiger partial charge in [-0.15, -0.1) is 11.8 Å². The van der Waals surface area contributed by atoms with Crippen LogP contribution in [0.4, 0.5) is 0 Å². The van der Waals surface area contributed by atoms with Crippen LogP contribution in [-0.4, -0.2) is 11.1 Å². The maximum Gasteiger partial charge on any atom is 0.303 e. The maximum atomic E-state index is 10.3. The molecule has 0 saturated heterocycles. The van der Waals surface area contributed by atoms with Crippen molar-refractivity contribution in [2.45, 2.75) is 96.8 Å². The van der Waals surface area contributed by atoms with Gasteiger partial charge in [-0.05, 0) is 19.3 Å². The Bertz CT molecular complexity index is 273. The van der Waals surface area contributed by atoms with Crippen molar-refractivity contribution in [3.8, 4) is 11.8 Å². The van der Waals surface area contributed by atoms with E-state index in [-0.39, 0.29) is 6.42 Å². The molecule has 0 aliphatic rings. The van der Waals surface area contributed by atoms with E-state index in [0.29, 0.717) is 0 Å². The summed E-state index contributed by atoms with van der Waals surface area (Å²) < 4.78 is 0. The summed E-state index contributed by atoms with van der Waals surface area (Å²) in [4.78, 5) is 10.3. The SMILES string of the molecule is CCCCCCCCCCCC#CCCCCC(=O)O. The van der Waals surface area contributed by atoms with Crippen molar-refractivity contribution in [2.75, 3.05) is 0 Å². The second kappa shape index (κ2) is 16.1. The number of rotatable bonds is 13. The zero-order chi connectivity index (χ0) is 14.9. The monoisotopic (exact) mass is 280 g/mol. The maximum absolute atomic E-state index is 10.3. The molecular weight excluding hydrogens is 248 g/mol. The van der Waals surface area contributed by atoms with Gasteiger partial charge in [0.2, 0.25) is 0 Å². The molecule has 0 fully saturated rings. The van der Waals surface area contributed by atoms with Crippen LogP contribution in [0, 0.1) is 11.8 Å². The van der Waals surface area contributed by atoms with Crippen LogP contribution in [0.5, 0.6) is 0 Å². The first-order valence-electron chi connectivity index (χ1n) is 8.45. The van der Waals surface area contributed by atoms with Crippen LogP contribution in [0.3, 0.4) is 0 Å². The fourth-order valence-corrected chi connectivity index (χ4v) is 2.19. The third kappa shape index (κ3) is 17.0. The summed E-state index contributed by atoms with van der Waals surface area (Å²) in [5.41, 5.74) is 0. The predicted octanol–water partition coefficient (Wildman–Crippen LogP) is 5.56. The number of aliphatic carboxylic acids is 1. The van der Waals surface area contributed by atoms with Crippen LogP contribution in [0.15, 0.2) is 0 Å². The summed E-state index contributed by atoms with van der Waals surface area (Å²) in [6.45, 7) is 2.26. The van der Waals surface area contributed by atoms with Crippen LogP contribution in [0.25, 0.3) is 0 Å². The highest BCUT2D eigenvalue weighted by atomic mass is 16.4. The van der Waals surface area contributed by atoms with E-state index in [9.17, 15) is 4.79 Å². The molecule has 0 aliphatic heterocycles. The third-order valence-electron chi connectivity index (χ3n) is 3.47. The van der Waals surface area contributed by atoms with Crippen LogP contribution in [0.1, 0.15) is 96.8 Å². The molecule has 0 spiro atoms. The Morgan fingerprint density at radius 1 is 0.750 bits per heavy atom. The predicted molar refractivity (Wildman–Crippen MR) is 85.7 cm³/mol. The number of carbonyl (C=O) groups is 1. The topological polar surface area (TPSA) is 37.3 Å². The first-order chi connectivity index (χ1) is 9.77. The highest BCUT2D eigenvalue weighted by molar-refractivity contribution is 5.66. The molecule has 0 aromatic rings. The zero-order valence-corrected chi connectivity index (χ0v) is 13.3. The first kappa shape index (κ1) is 19.0. The van der Waals surface area contributed by atoms with Gasteiger partial charge in [0.25, 0.3) is 0 Å². The molecule has 0 radical (unpaired) electrons. The molecule has 0 unspecified atom stereocenters. The second-order valence-electron chi connectivity index (χ2n) is 5.53. The molecule has 0 bridgehead atoms. The Kier molecular flexibility index (Phi) is 15.3. The van der Waals surface area contributed by atoms with Gasteiger partial charge in [0.1, 0.15) is 0 Å². The molecule has 2 heteroatoms. The largest absolute Gasteiger partial charge is 0.481 e. The molecule has 0 amide bonds. The normalized spacial score (nSPS) is 10.1. The number of unbranched alkanes of at least 4 members (excludes halogenated alkanes) is 11. The minimum absolute atomic E-state index is 0.278. The molecular formula is C18H32O2. The van der Waals surface area contributed by atoms with Gasteiger partial charge in [-0.25, -0.2) is 0 Å². The molecule has 0 rings (SSSR count). The van der Waals surface area contributed by atoms with Gasteiger partial charge in [-0.1, -0.05) is 58.3 Å². The molecule has 0 aliphatic carbocycles. The van der Waals surface area contributed by atoms with Crippen LogP contribution < -0.4 is 0 Å². The summed E-state index contributed by atoms with van der Waals surface area (Å²) in [5, 5.41) is 8.48. The molecule has 0 aromatic heterocycles. The van der Waals surface area contributed by atoms with Crippen molar-refractivity contribution in [1.82, 2.24) is 0 Å². The standard InChI is InChI=1S/C18H32O2/c1-2-3-4-5-6-7-8-9-10-11-12-13-14-15-16-17-18(19)20/h2-11,14-17H2,1H3,(H,19,20). The van der Waals surface area contributed by atoms with Gasteiger partial charge >= 0.3 is 5.97 Å². The Labute approximate surface area is 125 Å². The van der Waals surface area contributed by atoms with Gasteiger partial charge in [-0.3, -0.25) is 4.79 Å². The van der Waals surface area contributed by atoms with Crippen LogP contribution in [-0.2, 0) is 4.79 Å². The van der Waals surface area contributed by atoms with Crippen molar-refractivity contribution >= 4 is 5.97 Å². The highest BCUT2D eigenvalue weighted by Crippen LogP contribution is 2.10. The lowest BCUT2D eigenvalue weighted by atomic mass is 10.1. The van der Waals surface area contributed by atoms with E-state index in [4.69, 9.17) is 5.11 Å². The fraction of sp³-hybridized carbons (Fsp3) is 0.833. The number of carboxylic acid groups (broad SMARTS) is 1. The second-order valence-corrected chi connectivity index (χ2v) is 5.53. The van der Waals surface area contributed by atoms with Crippen molar-refractivity contribution in [3.63, 3.8) is 0 Å². The third-order valence-corrected chi connectivity index (χ3v) is 3.47. The number of carboxylic acids is 1. The fourth-order valence-electron chi connectivity index (χ4n) is 2.19. The molecule has 116 valence electrons. The lowest BCUT2D eigenvalue weighted by molar-refractivity contribution is -0.137. The Balaban J connectivity index is 3.10. The summed E-state index contributed by atoms with van der Waals surface area (Å²) in [6, 6.07) is 0. The molecule has 20 heavy (non-hydrogen) atoms. The van der Waals surface area contributed by atoms with Crippen molar-refractivity contribution in [2.24, 2.45) is 0 Å². The van der Waals surface area contributed by atoms with E-state index < -0.39 is 5.97 Å². The molecule has 0 aromatic carbocycles. The number of hydrogen-bond acceptors (Lipinski definition) is 1. The Hall–Kier alpha value is -0.970. The zero-order valence-electron chi connectivity index (χ0n) is 13.3. The summed E-state index contributed by atoms with van der Waals surface area (Å²) >= 11 is 0. The smallest absolute Gasteiger partial charge is 0.303 e. The lowest BCUT2D eigenvalue weighted by Crippen LogP contribution is -1.92. The Morgan fingerprint density at radius 3 is 1.70 bits per heavy atom. The van der Waals surface area contributed by atoms with Gasteiger partial charge in [0.05, 0.1) is 0 Å². The number of hydrogen-bond donors (Lipinski definition) is 1. The average molecular weight is 280 g/mol. The molecule has 0 heterocycles. The van der Waals surface area contributed by atoms with Crippen LogP contribution >= 0.6 is 0 Å². The van der Waals surface area contributed by atoms with E-state index in [0.717, 1.165) is 25.7 Å². The first-order valence-corrected chi connectivity index (χ1v) is 8.45. The van der Waals surface area contributed by atoms with Gasteiger partial charge < -0.3 is 5.11 Å². The van der Waals surface area contributed by atoms with Crippen molar-refractivity contribution in [3.05, 3.63) is 0 Å². The average Bonchev–Trinajstić information content (AvgIpc) is 2.43. The molecule has 1 N–H and O–H groups in total. The quantitative estimate of drug-likeness (QED) is 0.354. The molecule has 2 nitrogen and oxygen atoms in total. The summed E-state index contributed by atoms with van der Waals surface area (Å²) in [7, 11) is 0. The van der Waals surface area contributed by atoms with Crippen molar-refractivity contribution in [1.29, 1.82) is 0 Å². The molecule has 0 atom stereocenters. The van der Waals surface area contributed by atoms with Crippen LogP contribution in [0.2, 0.25) is 0 Å². The highest BCUT2D eigenvalue weighted by Gasteiger charge is 1.94. The van der Waals surface area contributed by atoms with Gasteiger partial charge in [-0.2, -0.15) is 0 Å². The minimum atomic E-state index is -0.701. The van der Waals surface area contributed by atoms with E-state index in [2.05, 4.69) is 18.8 Å². The summed E-state index contributed by atoms with van der Waals surface area (Å²) in [5.74, 6) is 5.64. The van der Waals surface area contributed by atoms with E-state index in [1.807, 2.05) is 0 Å². The molecule has 0 saturated carbocycles. The minimum Gasteiger partial charge on any atom is -0.481 e.